The molecule has 0 aromatic carbocycles. The molecule has 0 aromatic heterocycles. The number of rotatable bonds is 2. The van der Waals surface area contributed by atoms with E-state index in [0.29, 0.717) is 12.6 Å². The van der Waals surface area contributed by atoms with Crippen molar-refractivity contribution in [3.8, 4) is 0 Å². The second kappa shape index (κ2) is 3.42. The molecule has 1 aliphatic rings. The Labute approximate surface area is 66.7 Å². The van der Waals surface area contributed by atoms with Crippen LogP contribution < -0.4 is 0 Å². The number of nitrogens with zero attached hydrogens (tertiary/aromatic N) is 1. The van der Waals surface area contributed by atoms with E-state index < -0.39 is 0 Å². The van der Waals surface area contributed by atoms with Crippen LogP contribution in [-0.4, -0.2) is 24.8 Å². The van der Waals surface area contributed by atoms with Gasteiger partial charge in [0.1, 0.15) is 12.2 Å². The SMILES string of the molecule is C=CCN=C1O[C@@H](C)[C@H](C)O1. The molecule has 3 heteroatoms. The van der Waals surface area contributed by atoms with Crippen LogP contribution in [0.2, 0.25) is 0 Å². The zero-order valence-electron chi connectivity index (χ0n) is 6.91. The zero-order valence-corrected chi connectivity index (χ0v) is 6.91. The first-order valence-electron chi connectivity index (χ1n) is 3.72. The van der Waals surface area contributed by atoms with Crippen molar-refractivity contribution in [1.82, 2.24) is 0 Å². The molecule has 0 aliphatic carbocycles. The summed E-state index contributed by atoms with van der Waals surface area (Å²) in [7, 11) is 0. The molecule has 1 saturated heterocycles. The second-order valence-electron chi connectivity index (χ2n) is 2.54. The van der Waals surface area contributed by atoms with Crippen LogP contribution in [0.25, 0.3) is 0 Å². The standard InChI is InChI=1S/C8H13NO2/c1-4-5-9-8-10-6(2)7(3)11-8/h4,6-7H,1,5H2,2-3H3/t6-,7-/m0/s1. The molecule has 2 atom stereocenters. The van der Waals surface area contributed by atoms with E-state index in [0.717, 1.165) is 0 Å². The van der Waals surface area contributed by atoms with Crippen molar-refractivity contribution >= 4 is 6.08 Å². The predicted molar refractivity (Wildman–Crippen MR) is 43.6 cm³/mol. The van der Waals surface area contributed by atoms with E-state index in [4.69, 9.17) is 9.47 Å². The molecule has 0 bridgehead atoms. The van der Waals surface area contributed by atoms with Gasteiger partial charge < -0.3 is 9.47 Å². The molecule has 1 heterocycles. The maximum atomic E-state index is 5.26. The van der Waals surface area contributed by atoms with E-state index in [1.165, 1.54) is 0 Å². The Kier molecular flexibility index (Phi) is 2.52. The molecule has 0 aromatic rings. The first-order chi connectivity index (χ1) is 5.24. The van der Waals surface area contributed by atoms with Crippen molar-refractivity contribution in [3.63, 3.8) is 0 Å². The van der Waals surface area contributed by atoms with E-state index in [1.54, 1.807) is 6.08 Å². The molecule has 11 heavy (non-hydrogen) atoms. The maximum Gasteiger partial charge on any atom is 0.384 e. The monoisotopic (exact) mass is 155 g/mol. The van der Waals surface area contributed by atoms with E-state index in [9.17, 15) is 0 Å². The minimum Gasteiger partial charge on any atom is -0.444 e. The van der Waals surface area contributed by atoms with Crippen molar-refractivity contribution in [3.05, 3.63) is 12.7 Å². The summed E-state index contributed by atoms with van der Waals surface area (Å²) >= 11 is 0. The number of hydrogen-bond donors (Lipinski definition) is 0. The third-order valence-corrected chi connectivity index (χ3v) is 1.58. The lowest BCUT2D eigenvalue weighted by Crippen LogP contribution is -2.13. The predicted octanol–water partition coefficient (Wildman–Crippen LogP) is 1.35. The molecule has 0 amide bonds. The molecule has 0 unspecified atom stereocenters. The van der Waals surface area contributed by atoms with Crippen LogP contribution in [0.15, 0.2) is 17.6 Å². The molecule has 0 spiro atoms. The van der Waals surface area contributed by atoms with Gasteiger partial charge in [-0.25, -0.2) is 4.99 Å². The van der Waals surface area contributed by atoms with E-state index in [-0.39, 0.29) is 12.2 Å². The Bertz CT molecular complexity index is 165. The lowest BCUT2D eigenvalue weighted by molar-refractivity contribution is 0.187. The van der Waals surface area contributed by atoms with Gasteiger partial charge in [-0.1, -0.05) is 6.08 Å². The number of ether oxygens (including phenoxy) is 2. The number of hydrogen-bond acceptors (Lipinski definition) is 3. The summed E-state index contributed by atoms with van der Waals surface area (Å²) in [4.78, 5) is 4.00. The van der Waals surface area contributed by atoms with Crippen molar-refractivity contribution in [2.24, 2.45) is 4.99 Å². The third kappa shape index (κ3) is 1.97. The fraction of sp³-hybridized carbons (Fsp3) is 0.625. The topological polar surface area (TPSA) is 30.8 Å². The van der Waals surface area contributed by atoms with Crippen molar-refractivity contribution in [2.45, 2.75) is 26.1 Å². The molecular weight excluding hydrogens is 142 g/mol. The molecule has 1 aliphatic heterocycles. The fourth-order valence-corrected chi connectivity index (χ4v) is 0.751. The van der Waals surface area contributed by atoms with Gasteiger partial charge >= 0.3 is 6.08 Å². The maximum absolute atomic E-state index is 5.26. The van der Waals surface area contributed by atoms with Gasteiger partial charge in [0.25, 0.3) is 0 Å². The van der Waals surface area contributed by atoms with Crippen LogP contribution >= 0.6 is 0 Å². The van der Waals surface area contributed by atoms with E-state index in [2.05, 4.69) is 11.6 Å². The molecule has 1 rings (SSSR count). The average molecular weight is 155 g/mol. The molecule has 0 radical (unpaired) electrons. The Balaban J connectivity index is 2.45. The first kappa shape index (κ1) is 8.11. The highest BCUT2D eigenvalue weighted by atomic mass is 16.7. The van der Waals surface area contributed by atoms with Crippen molar-refractivity contribution in [2.75, 3.05) is 6.54 Å². The summed E-state index contributed by atoms with van der Waals surface area (Å²) in [5.41, 5.74) is 0. The summed E-state index contributed by atoms with van der Waals surface area (Å²) < 4.78 is 10.5. The molecule has 1 fully saturated rings. The molecule has 0 saturated carbocycles. The zero-order chi connectivity index (χ0) is 8.27. The minimum atomic E-state index is 0.110. The number of aliphatic imine (C=N–C) groups is 1. The van der Waals surface area contributed by atoms with Gasteiger partial charge in [0.15, 0.2) is 0 Å². The normalized spacial score (nSPS) is 29.1. The van der Waals surface area contributed by atoms with Crippen LogP contribution in [0.5, 0.6) is 0 Å². The van der Waals surface area contributed by atoms with Crippen LogP contribution in [0.1, 0.15) is 13.8 Å². The summed E-state index contributed by atoms with van der Waals surface area (Å²) in [5, 5.41) is 0. The molecule has 0 N–H and O–H groups in total. The van der Waals surface area contributed by atoms with Gasteiger partial charge in [-0.2, -0.15) is 0 Å². The van der Waals surface area contributed by atoms with Crippen LogP contribution in [0, 0.1) is 0 Å². The van der Waals surface area contributed by atoms with Gasteiger partial charge in [0.2, 0.25) is 0 Å². The third-order valence-electron chi connectivity index (χ3n) is 1.58. The Hall–Kier alpha value is -0.990. The summed E-state index contributed by atoms with van der Waals surface area (Å²) in [5.74, 6) is 0. The van der Waals surface area contributed by atoms with Gasteiger partial charge in [-0.3, -0.25) is 0 Å². The summed E-state index contributed by atoms with van der Waals surface area (Å²) in [6.45, 7) is 8.01. The Morgan fingerprint density at radius 3 is 2.45 bits per heavy atom. The van der Waals surface area contributed by atoms with E-state index in [1.807, 2.05) is 13.8 Å². The highest BCUT2D eigenvalue weighted by Gasteiger charge is 2.26. The molecular formula is C8H13NO2. The van der Waals surface area contributed by atoms with Gasteiger partial charge in [0.05, 0.1) is 6.54 Å². The smallest absolute Gasteiger partial charge is 0.384 e. The first-order valence-corrected chi connectivity index (χ1v) is 3.72. The quantitative estimate of drug-likeness (QED) is 0.563. The van der Waals surface area contributed by atoms with E-state index >= 15 is 0 Å². The summed E-state index contributed by atoms with van der Waals surface area (Å²) in [6, 6.07) is 0. The van der Waals surface area contributed by atoms with Gasteiger partial charge in [0, 0.05) is 0 Å². The van der Waals surface area contributed by atoms with Crippen LogP contribution in [0.3, 0.4) is 0 Å². The largest absolute Gasteiger partial charge is 0.444 e. The average Bonchev–Trinajstić information content (AvgIpc) is 2.28. The summed E-state index contributed by atoms with van der Waals surface area (Å²) in [6.07, 6.45) is 2.31. The Morgan fingerprint density at radius 1 is 1.45 bits per heavy atom. The highest BCUT2D eigenvalue weighted by Crippen LogP contribution is 2.13. The Morgan fingerprint density at radius 2 is 2.00 bits per heavy atom. The van der Waals surface area contributed by atoms with Gasteiger partial charge in [-0.15, -0.1) is 6.58 Å². The fourth-order valence-electron chi connectivity index (χ4n) is 0.751. The minimum absolute atomic E-state index is 0.110. The second-order valence-corrected chi connectivity index (χ2v) is 2.54. The van der Waals surface area contributed by atoms with Crippen molar-refractivity contribution in [1.29, 1.82) is 0 Å². The lowest BCUT2D eigenvalue weighted by Gasteiger charge is -2.01. The van der Waals surface area contributed by atoms with Crippen LogP contribution in [0.4, 0.5) is 0 Å². The van der Waals surface area contributed by atoms with Crippen molar-refractivity contribution < 1.29 is 9.47 Å². The molecule has 3 nitrogen and oxygen atoms in total. The van der Waals surface area contributed by atoms with Crippen LogP contribution in [-0.2, 0) is 9.47 Å². The lowest BCUT2D eigenvalue weighted by atomic mass is 10.3. The molecule has 62 valence electrons. The van der Waals surface area contributed by atoms with Gasteiger partial charge in [-0.05, 0) is 13.8 Å². The highest BCUT2D eigenvalue weighted by molar-refractivity contribution is 5.69.